The second-order valence-corrected chi connectivity index (χ2v) is 5.88. The zero-order valence-electron chi connectivity index (χ0n) is 12.3. The van der Waals surface area contributed by atoms with Gasteiger partial charge < -0.3 is 4.74 Å². The minimum absolute atomic E-state index is 0.00257. The summed E-state index contributed by atoms with van der Waals surface area (Å²) in [5.41, 5.74) is 2.25. The summed E-state index contributed by atoms with van der Waals surface area (Å²) in [5, 5.41) is 0. The molecule has 0 aromatic heterocycles. The van der Waals surface area contributed by atoms with E-state index in [0.29, 0.717) is 6.42 Å². The fourth-order valence-corrected chi connectivity index (χ4v) is 1.80. The summed E-state index contributed by atoms with van der Waals surface area (Å²) in [6, 6.07) is 7.93. The van der Waals surface area contributed by atoms with Gasteiger partial charge in [0.25, 0.3) is 6.43 Å². The number of halogens is 2. The molecule has 0 amide bonds. The van der Waals surface area contributed by atoms with Crippen LogP contribution in [0, 0.1) is 0 Å². The molecular formula is C16H22F2O2. The van der Waals surface area contributed by atoms with Crippen molar-refractivity contribution in [1.82, 2.24) is 0 Å². The molecule has 1 aromatic carbocycles. The quantitative estimate of drug-likeness (QED) is 0.712. The van der Waals surface area contributed by atoms with Gasteiger partial charge in [0.2, 0.25) is 0 Å². The van der Waals surface area contributed by atoms with Crippen LogP contribution in [0.4, 0.5) is 8.78 Å². The van der Waals surface area contributed by atoms with Gasteiger partial charge in [-0.15, -0.1) is 0 Å². The van der Waals surface area contributed by atoms with Crippen LogP contribution in [0.1, 0.15) is 38.3 Å². The number of carbonyl (C=O) groups excluding carboxylic acids is 1. The minimum Gasteiger partial charge on any atom is -0.375 e. The van der Waals surface area contributed by atoms with Crippen molar-refractivity contribution < 1.29 is 18.3 Å². The van der Waals surface area contributed by atoms with Gasteiger partial charge in [-0.25, -0.2) is 8.78 Å². The van der Waals surface area contributed by atoms with Crippen molar-refractivity contribution in [3.63, 3.8) is 0 Å². The number of benzene rings is 1. The third-order valence-electron chi connectivity index (χ3n) is 2.99. The smallest absolute Gasteiger partial charge is 0.261 e. The van der Waals surface area contributed by atoms with Crippen LogP contribution < -0.4 is 0 Å². The highest BCUT2D eigenvalue weighted by atomic mass is 19.3. The summed E-state index contributed by atoms with van der Waals surface area (Å²) < 4.78 is 28.4. The van der Waals surface area contributed by atoms with Crippen LogP contribution in [-0.2, 0) is 21.4 Å². The highest BCUT2D eigenvalue weighted by Gasteiger charge is 2.13. The lowest BCUT2D eigenvalue weighted by Gasteiger charge is -2.19. The number of ketones is 1. The van der Waals surface area contributed by atoms with E-state index in [1.54, 1.807) is 0 Å². The summed E-state index contributed by atoms with van der Waals surface area (Å²) in [4.78, 5) is 11.7. The third-order valence-corrected chi connectivity index (χ3v) is 2.99. The van der Waals surface area contributed by atoms with Crippen molar-refractivity contribution in [2.24, 2.45) is 0 Å². The molecule has 0 aliphatic heterocycles. The van der Waals surface area contributed by atoms with Crippen LogP contribution >= 0.6 is 0 Å². The number of carbonyl (C=O) groups is 1. The second kappa shape index (κ2) is 7.48. The Labute approximate surface area is 119 Å². The van der Waals surface area contributed by atoms with Crippen LogP contribution in [0.3, 0.4) is 0 Å². The van der Waals surface area contributed by atoms with Gasteiger partial charge in [-0.1, -0.05) is 45.0 Å². The summed E-state index contributed by atoms with van der Waals surface area (Å²) in [6.45, 7) is 5.85. The first-order valence-corrected chi connectivity index (χ1v) is 6.76. The lowest BCUT2D eigenvalue weighted by atomic mass is 9.86. The number of alkyl halides is 2. The van der Waals surface area contributed by atoms with Crippen molar-refractivity contribution in [2.45, 2.75) is 45.5 Å². The summed E-state index contributed by atoms with van der Waals surface area (Å²) >= 11 is 0. The molecule has 0 bridgehead atoms. The van der Waals surface area contributed by atoms with E-state index in [1.807, 2.05) is 24.3 Å². The van der Waals surface area contributed by atoms with Gasteiger partial charge in [-0.05, 0) is 16.5 Å². The van der Waals surface area contributed by atoms with E-state index in [9.17, 15) is 13.6 Å². The SMILES string of the molecule is CC(C)(C)c1ccc(CC(=O)CCOCC(F)F)cc1. The monoisotopic (exact) mass is 284 g/mol. The van der Waals surface area contributed by atoms with Crippen molar-refractivity contribution in [3.8, 4) is 0 Å². The van der Waals surface area contributed by atoms with E-state index in [2.05, 4.69) is 20.8 Å². The van der Waals surface area contributed by atoms with Crippen LogP contribution in [0.2, 0.25) is 0 Å². The van der Waals surface area contributed by atoms with Gasteiger partial charge in [0.15, 0.2) is 0 Å². The lowest BCUT2D eigenvalue weighted by Crippen LogP contribution is -2.12. The van der Waals surface area contributed by atoms with Crippen molar-refractivity contribution in [1.29, 1.82) is 0 Å². The fraction of sp³-hybridized carbons (Fsp3) is 0.562. The summed E-state index contributed by atoms with van der Waals surface area (Å²) in [6.07, 6.45) is -1.98. The average molecular weight is 284 g/mol. The predicted molar refractivity (Wildman–Crippen MR) is 75.3 cm³/mol. The molecule has 0 spiro atoms. The first-order valence-electron chi connectivity index (χ1n) is 6.76. The molecule has 0 aliphatic rings. The molecule has 0 N–H and O–H groups in total. The van der Waals surface area contributed by atoms with Crippen LogP contribution in [0.25, 0.3) is 0 Å². The fourth-order valence-electron chi connectivity index (χ4n) is 1.80. The highest BCUT2D eigenvalue weighted by molar-refractivity contribution is 5.80. The standard InChI is InChI=1S/C16H22F2O2/c1-16(2,3)13-6-4-12(5-7-13)10-14(19)8-9-20-11-15(17)18/h4-7,15H,8-11H2,1-3H3. The molecule has 1 aromatic rings. The number of rotatable bonds is 7. The van der Waals surface area contributed by atoms with Crippen LogP contribution in [0.15, 0.2) is 24.3 Å². The van der Waals surface area contributed by atoms with Crippen molar-refractivity contribution in [3.05, 3.63) is 35.4 Å². The van der Waals surface area contributed by atoms with Gasteiger partial charge in [-0.3, -0.25) is 4.79 Å². The van der Waals surface area contributed by atoms with Gasteiger partial charge in [0.05, 0.1) is 6.61 Å². The zero-order valence-corrected chi connectivity index (χ0v) is 12.3. The Morgan fingerprint density at radius 1 is 1.20 bits per heavy atom. The molecule has 0 radical (unpaired) electrons. The molecule has 2 nitrogen and oxygen atoms in total. The molecule has 1 rings (SSSR count). The summed E-state index contributed by atoms with van der Waals surface area (Å²) in [7, 11) is 0. The van der Waals surface area contributed by atoms with Crippen molar-refractivity contribution in [2.75, 3.05) is 13.2 Å². The Kier molecular flexibility index (Phi) is 6.27. The topological polar surface area (TPSA) is 26.3 Å². The molecule has 0 aliphatic carbocycles. The van der Waals surface area contributed by atoms with Gasteiger partial charge in [0, 0.05) is 12.8 Å². The molecule has 0 heterocycles. The highest BCUT2D eigenvalue weighted by Crippen LogP contribution is 2.22. The lowest BCUT2D eigenvalue weighted by molar-refractivity contribution is -0.119. The predicted octanol–water partition coefficient (Wildman–Crippen LogP) is 3.77. The molecule has 0 saturated heterocycles. The maximum absolute atomic E-state index is 11.8. The molecule has 0 atom stereocenters. The Morgan fingerprint density at radius 3 is 2.30 bits per heavy atom. The van der Waals surface area contributed by atoms with E-state index in [1.165, 1.54) is 5.56 Å². The number of hydrogen-bond acceptors (Lipinski definition) is 2. The number of Topliss-reactive ketones (excluding diaryl/α,β-unsaturated/α-hetero) is 1. The average Bonchev–Trinajstić information content (AvgIpc) is 2.34. The summed E-state index contributed by atoms with van der Waals surface area (Å²) in [5.74, 6) is 0.00257. The molecule has 112 valence electrons. The van der Waals surface area contributed by atoms with E-state index in [0.717, 1.165) is 5.56 Å². The van der Waals surface area contributed by atoms with E-state index in [4.69, 9.17) is 4.74 Å². The maximum Gasteiger partial charge on any atom is 0.261 e. The van der Waals surface area contributed by atoms with Gasteiger partial charge in [-0.2, -0.15) is 0 Å². The Hall–Kier alpha value is -1.29. The molecule has 0 unspecified atom stereocenters. The number of ether oxygens (including phenoxy) is 1. The molecule has 0 fully saturated rings. The van der Waals surface area contributed by atoms with E-state index in [-0.39, 0.29) is 24.2 Å². The third kappa shape index (κ3) is 6.24. The van der Waals surface area contributed by atoms with Crippen LogP contribution in [0.5, 0.6) is 0 Å². The van der Waals surface area contributed by atoms with E-state index < -0.39 is 13.0 Å². The first-order chi connectivity index (χ1) is 9.29. The molecule has 20 heavy (non-hydrogen) atoms. The second-order valence-electron chi connectivity index (χ2n) is 5.88. The number of hydrogen-bond donors (Lipinski definition) is 0. The van der Waals surface area contributed by atoms with Crippen molar-refractivity contribution >= 4 is 5.78 Å². The first kappa shape index (κ1) is 16.8. The zero-order chi connectivity index (χ0) is 15.2. The molecule has 4 heteroatoms. The molecular weight excluding hydrogens is 262 g/mol. The van der Waals surface area contributed by atoms with Gasteiger partial charge in [0.1, 0.15) is 12.4 Å². The Balaban J connectivity index is 2.39. The van der Waals surface area contributed by atoms with Gasteiger partial charge >= 0.3 is 0 Å². The van der Waals surface area contributed by atoms with E-state index >= 15 is 0 Å². The maximum atomic E-state index is 11.8. The minimum atomic E-state index is -2.48. The normalized spacial score (nSPS) is 11.9. The largest absolute Gasteiger partial charge is 0.375 e. The Morgan fingerprint density at radius 2 is 1.80 bits per heavy atom. The van der Waals surface area contributed by atoms with Crippen LogP contribution in [-0.4, -0.2) is 25.4 Å². The Bertz CT molecular complexity index is 419. The molecule has 0 saturated carbocycles.